The predicted molar refractivity (Wildman–Crippen MR) is 64.8 cm³/mol. The molecule has 1 fully saturated rings. The minimum absolute atomic E-state index is 0.149. The molecule has 1 aromatic rings. The summed E-state index contributed by atoms with van der Waals surface area (Å²) in [6.45, 7) is 2.04. The van der Waals surface area contributed by atoms with Gasteiger partial charge >= 0.3 is 0 Å². The van der Waals surface area contributed by atoms with E-state index in [1.807, 2.05) is 6.92 Å². The Morgan fingerprint density at radius 1 is 1.00 bits per heavy atom. The van der Waals surface area contributed by atoms with Crippen LogP contribution >= 0.6 is 11.8 Å². The largest absolute Gasteiger partial charge is 0.379 e. The molecule has 1 aliphatic rings. The number of halogens is 5. The molecule has 0 bridgehead atoms. The Bertz CT molecular complexity index is 470. The summed E-state index contributed by atoms with van der Waals surface area (Å²) in [5.74, 6) is -8.70. The normalized spacial score (nSPS) is 22.8. The van der Waals surface area contributed by atoms with Crippen LogP contribution in [-0.4, -0.2) is 17.0 Å². The minimum Gasteiger partial charge on any atom is -0.379 e. The molecule has 1 aliphatic heterocycles. The molecule has 0 aromatic heterocycles. The Morgan fingerprint density at radius 3 is 2.00 bits per heavy atom. The van der Waals surface area contributed by atoms with Crippen molar-refractivity contribution in [2.24, 2.45) is 0 Å². The summed E-state index contributed by atoms with van der Waals surface area (Å²) in [6, 6.07) is 0. The summed E-state index contributed by atoms with van der Waals surface area (Å²) >= 11 is 1.62. The molecule has 1 unspecified atom stereocenters. The Morgan fingerprint density at radius 2 is 1.53 bits per heavy atom. The molecular weight excluding hydrogens is 285 g/mol. The van der Waals surface area contributed by atoms with E-state index in [1.54, 1.807) is 11.8 Å². The summed E-state index contributed by atoms with van der Waals surface area (Å²) < 4.78 is 65.4. The summed E-state index contributed by atoms with van der Waals surface area (Å²) in [5.41, 5.74) is -0.954. The molecule has 1 heterocycles. The molecule has 0 spiro atoms. The van der Waals surface area contributed by atoms with Gasteiger partial charge in [-0.05, 0) is 25.5 Å². The van der Waals surface area contributed by atoms with E-state index in [9.17, 15) is 22.0 Å². The van der Waals surface area contributed by atoms with Gasteiger partial charge in [-0.2, -0.15) is 11.8 Å². The summed E-state index contributed by atoms with van der Waals surface area (Å²) in [7, 11) is 0. The lowest BCUT2D eigenvalue weighted by atomic mass is 10.1. The van der Waals surface area contributed by atoms with Crippen LogP contribution in [0.4, 0.5) is 27.6 Å². The van der Waals surface area contributed by atoms with Crippen LogP contribution in [0.5, 0.6) is 0 Å². The Hall–Kier alpha value is -0.980. The van der Waals surface area contributed by atoms with Crippen molar-refractivity contribution in [2.45, 2.75) is 24.5 Å². The standard InChI is InChI=1S/C12H12F5NS/c1-12(3-2-4-19-12)5-18-11-9(16)7(14)6(13)8(15)10(11)17/h18H,2-5H2,1H3. The molecule has 106 valence electrons. The maximum Gasteiger partial charge on any atom is 0.200 e. The number of hydrogen-bond donors (Lipinski definition) is 1. The monoisotopic (exact) mass is 297 g/mol. The lowest BCUT2D eigenvalue weighted by molar-refractivity contribution is 0.381. The van der Waals surface area contributed by atoms with Gasteiger partial charge in [0, 0.05) is 11.3 Å². The maximum atomic E-state index is 13.4. The van der Waals surface area contributed by atoms with Gasteiger partial charge in [-0.1, -0.05) is 0 Å². The highest BCUT2D eigenvalue weighted by atomic mass is 32.2. The van der Waals surface area contributed by atoms with Crippen LogP contribution in [0.2, 0.25) is 0 Å². The van der Waals surface area contributed by atoms with Gasteiger partial charge in [0.25, 0.3) is 0 Å². The first-order valence-electron chi connectivity index (χ1n) is 5.75. The van der Waals surface area contributed by atoms with Crippen molar-refractivity contribution in [3.05, 3.63) is 29.1 Å². The molecule has 1 nitrogen and oxygen atoms in total. The molecule has 1 atom stereocenters. The second-order valence-corrected chi connectivity index (χ2v) is 6.38. The quantitative estimate of drug-likeness (QED) is 0.512. The highest BCUT2D eigenvalue weighted by Gasteiger charge is 2.31. The van der Waals surface area contributed by atoms with E-state index in [0.29, 0.717) is 0 Å². The van der Waals surface area contributed by atoms with Gasteiger partial charge in [-0.3, -0.25) is 0 Å². The van der Waals surface area contributed by atoms with Gasteiger partial charge in [0.2, 0.25) is 5.82 Å². The number of thioether (sulfide) groups is 1. The molecule has 0 aliphatic carbocycles. The van der Waals surface area contributed by atoms with Crippen LogP contribution in [0, 0.1) is 29.1 Å². The Labute approximate surface area is 111 Å². The molecule has 0 saturated carbocycles. The zero-order chi connectivity index (χ0) is 14.2. The number of anilines is 1. The van der Waals surface area contributed by atoms with E-state index in [4.69, 9.17) is 0 Å². The summed E-state index contributed by atoms with van der Waals surface area (Å²) in [5, 5.41) is 2.36. The molecule has 1 saturated heterocycles. The first kappa shape index (κ1) is 14.4. The molecule has 0 amide bonds. The van der Waals surface area contributed by atoms with Gasteiger partial charge in [0.05, 0.1) is 0 Å². The van der Waals surface area contributed by atoms with Gasteiger partial charge in [-0.25, -0.2) is 22.0 Å². The lowest BCUT2D eigenvalue weighted by Crippen LogP contribution is -2.28. The van der Waals surface area contributed by atoms with Crippen molar-refractivity contribution in [2.75, 3.05) is 17.6 Å². The van der Waals surface area contributed by atoms with Gasteiger partial charge in [0.1, 0.15) is 5.69 Å². The van der Waals surface area contributed by atoms with Gasteiger partial charge in [0.15, 0.2) is 23.3 Å². The second-order valence-electron chi connectivity index (χ2n) is 4.70. The summed E-state index contributed by atoms with van der Waals surface area (Å²) in [4.78, 5) is 0. The van der Waals surface area contributed by atoms with E-state index in [0.717, 1.165) is 18.6 Å². The second kappa shape index (κ2) is 5.19. The van der Waals surface area contributed by atoms with Crippen molar-refractivity contribution in [3.63, 3.8) is 0 Å². The molecule has 19 heavy (non-hydrogen) atoms. The Kier molecular flexibility index (Phi) is 3.94. The summed E-state index contributed by atoms with van der Waals surface area (Å²) in [6.07, 6.45) is 1.81. The fourth-order valence-corrected chi connectivity index (χ4v) is 3.26. The van der Waals surface area contributed by atoms with Crippen molar-refractivity contribution < 1.29 is 22.0 Å². The van der Waals surface area contributed by atoms with E-state index in [-0.39, 0.29) is 11.3 Å². The molecule has 1 aromatic carbocycles. The van der Waals surface area contributed by atoms with Gasteiger partial charge in [-0.15, -0.1) is 0 Å². The number of hydrogen-bond acceptors (Lipinski definition) is 2. The van der Waals surface area contributed by atoms with E-state index in [1.165, 1.54) is 0 Å². The predicted octanol–water partition coefficient (Wildman–Crippen LogP) is 4.08. The SMILES string of the molecule is CC1(CNc2c(F)c(F)c(F)c(F)c2F)CCCS1. The highest BCUT2D eigenvalue weighted by molar-refractivity contribution is 8.00. The third kappa shape index (κ3) is 2.66. The van der Waals surface area contributed by atoms with Gasteiger partial charge < -0.3 is 5.32 Å². The zero-order valence-electron chi connectivity index (χ0n) is 10.1. The fourth-order valence-electron chi connectivity index (χ4n) is 2.01. The highest BCUT2D eigenvalue weighted by Crippen LogP contribution is 2.38. The van der Waals surface area contributed by atoms with E-state index in [2.05, 4.69) is 5.32 Å². The molecule has 0 radical (unpaired) electrons. The third-order valence-corrected chi connectivity index (χ3v) is 4.69. The lowest BCUT2D eigenvalue weighted by Gasteiger charge is -2.24. The Balaban J connectivity index is 2.25. The maximum absolute atomic E-state index is 13.4. The van der Waals surface area contributed by atoms with Crippen LogP contribution in [0.25, 0.3) is 0 Å². The van der Waals surface area contributed by atoms with E-state index >= 15 is 0 Å². The first-order chi connectivity index (χ1) is 8.86. The smallest absolute Gasteiger partial charge is 0.200 e. The third-order valence-electron chi connectivity index (χ3n) is 3.15. The van der Waals surface area contributed by atoms with Crippen molar-refractivity contribution in [1.82, 2.24) is 0 Å². The van der Waals surface area contributed by atoms with Crippen molar-refractivity contribution >= 4 is 17.4 Å². The minimum atomic E-state index is -2.14. The van der Waals surface area contributed by atoms with Crippen LogP contribution in [0.3, 0.4) is 0 Å². The van der Waals surface area contributed by atoms with Crippen molar-refractivity contribution in [3.8, 4) is 0 Å². The molecule has 1 N–H and O–H groups in total. The van der Waals surface area contributed by atoms with Crippen LogP contribution in [-0.2, 0) is 0 Å². The van der Waals surface area contributed by atoms with Crippen LogP contribution in [0.1, 0.15) is 19.8 Å². The average Bonchev–Trinajstić information content (AvgIpc) is 2.81. The van der Waals surface area contributed by atoms with Crippen LogP contribution < -0.4 is 5.32 Å². The zero-order valence-corrected chi connectivity index (χ0v) is 10.9. The van der Waals surface area contributed by atoms with Crippen molar-refractivity contribution in [1.29, 1.82) is 0 Å². The first-order valence-corrected chi connectivity index (χ1v) is 6.73. The fraction of sp³-hybridized carbons (Fsp3) is 0.500. The van der Waals surface area contributed by atoms with E-state index < -0.39 is 34.8 Å². The molecule has 2 rings (SSSR count). The topological polar surface area (TPSA) is 12.0 Å². The van der Waals surface area contributed by atoms with Crippen LogP contribution in [0.15, 0.2) is 0 Å². The number of rotatable bonds is 3. The molecular formula is C12H12F5NS. The molecule has 7 heteroatoms. The number of benzene rings is 1. The number of nitrogens with one attached hydrogen (secondary N) is 1. The average molecular weight is 297 g/mol.